The summed E-state index contributed by atoms with van der Waals surface area (Å²) in [6.45, 7) is 1.59. The van der Waals surface area contributed by atoms with Gasteiger partial charge < -0.3 is 10.2 Å². The van der Waals surface area contributed by atoms with E-state index in [9.17, 15) is 4.39 Å². The lowest BCUT2D eigenvalue weighted by molar-refractivity contribution is 0.628. The molecule has 21 heavy (non-hydrogen) atoms. The van der Waals surface area contributed by atoms with Crippen LogP contribution in [0.1, 0.15) is 24.1 Å². The zero-order chi connectivity index (χ0) is 14.2. The van der Waals surface area contributed by atoms with E-state index in [0.717, 1.165) is 42.3 Å². The number of nitrogens with one attached hydrogen (secondary N) is 1. The van der Waals surface area contributed by atoms with Crippen LogP contribution in [0.25, 0.3) is 0 Å². The minimum absolute atomic E-state index is 0.209. The smallest absolute Gasteiger partial charge is 0.151 e. The molecule has 4 nitrogen and oxygen atoms in total. The molecule has 2 aliphatic rings. The number of hydrogen-bond donors (Lipinski definition) is 1. The van der Waals surface area contributed by atoms with Gasteiger partial charge in [0.2, 0.25) is 0 Å². The minimum Gasteiger partial charge on any atom is -0.324 e. The molecule has 4 rings (SSSR count). The molecule has 1 aliphatic heterocycles. The Morgan fingerprint density at radius 1 is 1.24 bits per heavy atom. The van der Waals surface area contributed by atoms with Gasteiger partial charge in [0, 0.05) is 24.8 Å². The standard InChI is InChI=1S/C16H17FN4/c17-12-2-1-11-5-6-21(15(11)7-12)16-10-19-14(9-20-16)8-18-13-3-4-13/h1-2,7,9-10,13,18H,3-6,8H2. The highest BCUT2D eigenvalue weighted by molar-refractivity contribution is 5.67. The van der Waals surface area contributed by atoms with Gasteiger partial charge in [0.05, 0.1) is 18.1 Å². The van der Waals surface area contributed by atoms with Crippen LogP contribution in [0.15, 0.2) is 30.6 Å². The van der Waals surface area contributed by atoms with Crippen LogP contribution >= 0.6 is 0 Å². The molecular weight excluding hydrogens is 267 g/mol. The van der Waals surface area contributed by atoms with Crippen LogP contribution in [-0.4, -0.2) is 22.6 Å². The first kappa shape index (κ1) is 12.7. The second-order valence-corrected chi connectivity index (χ2v) is 5.70. The first-order valence-corrected chi connectivity index (χ1v) is 7.40. The highest BCUT2D eigenvalue weighted by Gasteiger charge is 2.23. The topological polar surface area (TPSA) is 41.1 Å². The van der Waals surface area contributed by atoms with E-state index in [0.29, 0.717) is 6.04 Å². The molecule has 1 aromatic heterocycles. The summed E-state index contributed by atoms with van der Waals surface area (Å²) in [6.07, 6.45) is 7.04. The largest absolute Gasteiger partial charge is 0.324 e. The first-order valence-electron chi connectivity index (χ1n) is 7.40. The molecule has 0 amide bonds. The quantitative estimate of drug-likeness (QED) is 0.937. The summed E-state index contributed by atoms with van der Waals surface area (Å²) in [6, 6.07) is 5.61. The van der Waals surface area contributed by atoms with Crippen molar-refractivity contribution in [1.29, 1.82) is 0 Å². The van der Waals surface area contributed by atoms with Gasteiger partial charge in [-0.25, -0.2) is 9.37 Å². The molecule has 0 spiro atoms. The summed E-state index contributed by atoms with van der Waals surface area (Å²) in [5.41, 5.74) is 3.02. The third-order valence-corrected chi connectivity index (χ3v) is 4.06. The van der Waals surface area contributed by atoms with Gasteiger partial charge >= 0.3 is 0 Å². The van der Waals surface area contributed by atoms with E-state index in [-0.39, 0.29) is 5.82 Å². The van der Waals surface area contributed by atoms with Crippen LogP contribution in [0, 0.1) is 5.82 Å². The second-order valence-electron chi connectivity index (χ2n) is 5.70. The predicted molar refractivity (Wildman–Crippen MR) is 79.0 cm³/mol. The summed E-state index contributed by atoms with van der Waals surface area (Å²) in [5.74, 6) is 0.577. The van der Waals surface area contributed by atoms with Gasteiger partial charge in [0.1, 0.15) is 5.82 Å². The van der Waals surface area contributed by atoms with Crippen molar-refractivity contribution in [2.45, 2.75) is 31.8 Å². The Bertz CT molecular complexity index is 652. The van der Waals surface area contributed by atoms with Gasteiger partial charge in [-0.1, -0.05) is 6.07 Å². The van der Waals surface area contributed by atoms with Crippen molar-refractivity contribution in [1.82, 2.24) is 15.3 Å². The summed E-state index contributed by atoms with van der Waals surface area (Å²) in [4.78, 5) is 11.0. The van der Waals surface area contributed by atoms with E-state index in [4.69, 9.17) is 0 Å². The van der Waals surface area contributed by atoms with Crippen molar-refractivity contribution in [3.05, 3.63) is 47.7 Å². The third kappa shape index (κ3) is 2.61. The van der Waals surface area contributed by atoms with E-state index in [1.54, 1.807) is 12.3 Å². The Kier molecular flexibility index (Phi) is 3.07. The zero-order valence-corrected chi connectivity index (χ0v) is 11.7. The Labute approximate surface area is 123 Å². The lowest BCUT2D eigenvalue weighted by Gasteiger charge is -2.18. The van der Waals surface area contributed by atoms with Crippen molar-refractivity contribution < 1.29 is 4.39 Å². The fourth-order valence-electron chi connectivity index (χ4n) is 2.71. The van der Waals surface area contributed by atoms with E-state index in [1.807, 2.05) is 17.2 Å². The highest BCUT2D eigenvalue weighted by Crippen LogP contribution is 2.33. The molecule has 0 saturated heterocycles. The average molecular weight is 284 g/mol. The molecule has 1 aliphatic carbocycles. The molecule has 1 fully saturated rings. The van der Waals surface area contributed by atoms with Crippen molar-refractivity contribution >= 4 is 11.5 Å². The molecule has 0 atom stereocenters. The van der Waals surface area contributed by atoms with Crippen molar-refractivity contribution in [3.8, 4) is 0 Å². The van der Waals surface area contributed by atoms with Gasteiger partial charge in [0.15, 0.2) is 5.82 Å². The number of fused-ring (bicyclic) bond motifs is 1. The molecule has 0 radical (unpaired) electrons. The Morgan fingerprint density at radius 2 is 2.14 bits per heavy atom. The Hall–Kier alpha value is -2.01. The molecule has 1 aromatic carbocycles. The SMILES string of the molecule is Fc1ccc2c(c1)N(c1cnc(CNC3CC3)cn1)CC2. The number of benzene rings is 1. The molecule has 2 heterocycles. The molecule has 1 saturated carbocycles. The monoisotopic (exact) mass is 284 g/mol. The average Bonchev–Trinajstić information content (AvgIpc) is 3.25. The fraction of sp³-hybridized carbons (Fsp3) is 0.375. The molecular formula is C16H17FN4. The molecule has 1 N–H and O–H groups in total. The van der Waals surface area contributed by atoms with Crippen LogP contribution in [-0.2, 0) is 13.0 Å². The van der Waals surface area contributed by atoms with Gasteiger partial charge in [0.25, 0.3) is 0 Å². The first-order chi connectivity index (χ1) is 10.3. The molecule has 0 bridgehead atoms. The van der Waals surface area contributed by atoms with Crippen molar-refractivity contribution in [2.75, 3.05) is 11.4 Å². The van der Waals surface area contributed by atoms with Crippen LogP contribution < -0.4 is 10.2 Å². The molecule has 5 heteroatoms. The van der Waals surface area contributed by atoms with Gasteiger partial charge in [-0.3, -0.25) is 4.98 Å². The Balaban J connectivity index is 1.53. The normalized spacial score (nSPS) is 17.1. The maximum atomic E-state index is 13.4. The number of nitrogens with zero attached hydrogens (tertiary/aromatic N) is 3. The molecule has 108 valence electrons. The van der Waals surface area contributed by atoms with E-state index in [2.05, 4.69) is 15.3 Å². The lowest BCUT2D eigenvalue weighted by Crippen LogP contribution is -2.18. The van der Waals surface area contributed by atoms with Crippen LogP contribution in [0.5, 0.6) is 0 Å². The number of hydrogen-bond acceptors (Lipinski definition) is 4. The number of anilines is 2. The number of aromatic nitrogens is 2. The Morgan fingerprint density at radius 3 is 2.90 bits per heavy atom. The van der Waals surface area contributed by atoms with Gasteiger partial charge in [-0.2, -0.15) is 0 Å². The summed E-state index contributed by atoms with van der Waals surface area (Å²) >= 11 is 0. The lowest BCUT2D eigenvalue weighted by atomic mass is 10.2. The van der Waals surface area contributed by atoms with E-state index >= 15 is 0 Å². The van der Waals surface area contributed by atoms with E-state index < -0.39 is 0 Å². The highest BCUT2D eigenvalue weighted by atomic mass is 19.1. The minimum atomic E-state index is -0.209. The van der Waals surface area contributed by atoms with Crippen LogP contribution in [0.4, 0.5) is 15.9 Å². The van der Waals surface area contributed by atoms with Crippen molar-refractivity contribution in [3.63, 3.8) is 0 Å². The van der Waals surface area contributed by atoms with Crippen LogP contribution in [0.3, 0.4) is 0 Å². The maximum absolute atomic E-state index is 13.4. The second kappa shape index (κ2) is 5.07. The maximum Gasteiger partial charge on any atom is 0.151 e. The number of halogens is 1. The summed E-state index contributed by atoms with van der Waals surface area (Å²) < 4.78 is 13.4. The van der Waals surface area contributed by atoms with Gasteiger partial charge in [-0.15, -0.1) is 0 Å². The van der Waals surface area contributed by atoms with E-state index in [1.165, 1.54) is 18.9 Å². The summed E-state index contributed by atoms with van der Waals surface area (Å²) in [7, 11) is 0. The van der Waals surface area contributed by atoms with Gasteiger partial charge in [-0.05, 0) is 37.0 Å². The fourth-order valence-corrected chi connectivity index (χ4v) is 2.71. The third-order valence-electron chi connectivity index (χ3n) is 4.06. The predicted octanol–water partition coefficient (Wildman–Crippen LogP) is 2.56. The zero-order valence-electron chi connectivity index (χ0n) is 11.7. The molecule has 2 aromatic rings. The molecule has 0 unspecified atom stereocenters. The summed E-state index contributed by atoms with van der Waals surface area (Å²) in [5, 5.41) is 3.42. The van der Waals surface area contributed by atoms with Crippen LogP contribution in [0.2, 0.25) is 0 Å². The number of rotatable bonds is 4. The van der Waals surface area contributed by atoms with Crippen molar-refractivity contribution in [2.24, 2.45) is 0 Å².